The Morgan fingerprint density at radius 3 is 2.22 bits per heavy atom. The van der Waals surface area contributed by atoms with Gasteiger partial charge in [0.1, 0.15) is 17.5 Å². The van der Waals surface area contributed by atoms with Crippen molar-refractivity contribution >= 4 is 5.91 Å². The van der Waals surface area contributed by atoms with Crippen molar-refractivity contribution < 1.29 is 9.32 Å². The molecular weight excluding hydrogens is 288 g/mol. The molecule has 2 heterocycles. The van der Waals surface area contributed by atoms with E-state index in [0.717, 1.165) is 31.5 Å². The third-order valence-corrected chi connectivity index (χ3v) is 3.49. The third-order valence-electron chi connectivity index (χ3n) is 3.49. The quantitative estimate of drug-likeness (QED) is 0.781. The summed E-state index contributed by atoms with van der Waals surface area (Å²) in [5.41, 5.74) is 2.11. The van der Waals surface area contributed by atoms with Crippen LogP contribution in [0.5, 0.6) is 0 Å². The van der Waals surface area contributed by atoms with Crippen LogP contribution in [0.2, 0.25) is 0 Å². The van der Waals surface area contributed by atoms with Gasteiger partial charge >= 0.3 is 0 Å². The summed E-state index contributed by atoms with van der Waals surface area (Å²) < 4.78 is 5.01. The Morgan fingerprint density at radius 1 is 1.00 bits per heavy atom. The molecule has 0 bridgehead atoms. The van der Waals surface area contributed by atoms with Crippen LogP contribution in [0.1, 0.15) is 57.3 Å². The van der Waals surface area contributed by atoms with Crippen molar-refractivity contribution in [3.63, 3.8) is 0 Å². The van der Waals surface area contributed by atoms with Gasteiger partial charge in [-0.2, -0.15) is 0 Å². The highest BCUT2D eigenvalue weighted by molar-refractivity contribution is 5.99. The molecule has 1 aromatic carbocycles. The summed E-state index contributed by atoms with van der Waals surface area (Å²) in [5.74, 6) is 0.0276. The number of hydrogen-bond donors (Lipinski definition) is 0. The largest absolute Gasteiger partial charge is 0.363 e. The molecule has 23 heavy (non-hydrogen) atoms. The van der Waals surface area contributed by atoms with Gasteiger partial charge in [-0.3, -0.25) is 4.79 Å². The van der Waals surface area contributed by atoms with Crippen LogP contribution < -0.4 is 0 Å². The summed E-state index contributed by atoms with van der Waals surface area (Å²) >= 11 is 0. The van der Waals surface area contributed by atoms with E-state index in [1.807, 2.05) is 62.9 Å². The number of carbonyl (C=O) groups is 1. The third kappa shape index (κ3) is 4.95. The molecule has 1 fully saturated rings. The molecular formula is C19H28N2O2. The fraction of sp³-hybridized carbons (Fsp3) is 0.474. The number of aromatic nitrogens is 1. The Kier molecular flexibility index (Phi) is 8.73. The molecule has 4 nitrogen and oxygen atoms in total. The molecule has 2 aromatic rings. The zero-order chi connectivity index (χ0) is 17.1. The molecule has 0 spiro atoms. The lowest BCUT2D eigenvalue weighted by Crippen LogP contribution is -2.35. The van der Waals surface area contributed by atoms with Crippen LogP contribution in [-0.4, -0.2) is 29.1 Å². The SMILES string of the molecule is CC.CC.O=C(c1conc1-c1ccccc1)N1CCCCC1. The van der Waals surface area contributed by atoms with E-state index in [-0.39, 0.29) is 5.91 Å². The van der Waals surface area contributed by atoms with E-state index in [1.54, 1.807) is 0 Å². The molecule has 1 amide bonds. The first-order valence-corrected chi connectivity index (χ1v) is 8.65. The normalized spacial score (nSPS) is 13.3. The van der Waals surface area contributed by atoms with E-state index in [1.165, 1.54) is 12.7 Å². The lowest BCUT2D eigenvalue weighted by atomic mass is 10.1. The van der Waals surface area contributed by atoms with Gasteiger partial charge in [-0.05, 0) is 19.3 Å². The van der Waals surface area contributed by atoms with Gasteiger partial charge in [0, 0.05) is 18.7 Å². The highest BCUT2D eigenvalue weighted by atomic mass is 16.5. The monoisotopic (exact) mass is 316 g/mol. The van der Waals surface area contributed by atoms with Crippen LogP contribution >= 0.6 is 0 Å². The molecule has 1 aliphatic rings. The molecule has 0 atom stereocenters. The Labute approximate surface area is 139 Å². The predicted octanol–water partition coefficient (Wildman–Crippen LogP) is 5.02. The van der Waals surface area contributed by atoms with Crippen LogP contribution in [-0.2, 0) is 0 Å². The lowest BCUT2D eigenvalue weighted by Gasteiger charge is -2.26. The fourth-order valence-electron chi connectivity index (χ4n) is 2.46. The summed E-state index contributed by atoms with van der Waals surface area (Å²) in [6.07, 6.45) is 4.83. The minimum Gasteiger partial charge on any atom is -0.363 e. The van der Waals surface area contributed by atoms with Gasteiger partial charge in [0.15, 0.2) is 0 Å². The molecule has 0 radical (unpaired) electrons. The fourth-order valence-corrected chi connectivity index (χ4v) is 2.46. The van der Waals surface area contributed by atoms with Crippen LogP contribution in [0.25, 0.3) is 11.3 Å². The zero-order valence-electron chi connectivity index (χ0n) is 14.7. The minimum absolute atomic E-state index is 0.0276. The standard InChI is InChI=1S/C15H16N2O2.2C2H6/c18-15(17-9-5-2-6-10-17)13-11-19-16-14(13)12-7-3-1-4-8-12;2*1-2/h1,3-4,7-8,11H,2,5-6,9-10H2;2*1-2H3. The first-order valence-electron chi connectivity index (χ1n) is 8.65. The summed E-state index contributed by atoms with van der Waals surface area (Å²) in [6.45, 7) is 9.66. The van der Waals surface area contributed by atoms with E-state index in [9.17, 15) is 4.79 Å². The van der Waals surface area contributed by atoms with E-state index < -0.39 is 0 Å². The second kappa shape index (κ2) is 10.6. The smallest absolute Gasteiger partial charge is 0.259 e. The number of benzene rings is 1. The van der Waals surface area contributed by atoms with Crippen molar-refractivity contribution in [3.05, 3.63) is 42.2 Å². The van der Waals surface area contributed by atoms with Crippen LogP contribution in [0, 0.1) is 0 Å². The molecule has 0 N–H and O–H groups in total. The predicted molar refractivity (Wildman–Crippen MR) is 94.4 cm³/mol. The van der Waals surface area contributed by atoms with Crippen molar-refractivity contribution in [1.29, 1.82) is 0 Å². The van der Waals surface area contributed by atoms with Crippen molar-refractivity contribution in [2.75, 3.05) is 13.1 Å². The van der Waals surface area contributed by atoms with E-state index >= 15 is 0 Å². The number of amides is 1. The van der Waals surface area contributed by atoms with Gasteiger partial charge in [-0.1, -0.05) is 63.2 Å². The Bertz CT molecular complexity index is 558. The second-order valence-corrected chi connectivity index (χ2v) is 4.80. The highest BCUT2D eigenvalue weighted by Crippen LogP contribution is 2.24. The summed E-state index contributed by atoms with van der Waals surface area (Å²) in [5, 5.41) is 3.98. The molecule has 1 aromatic heterocycles. The zero-order valence-corrected chi connectivity index (χ0v) is 14.7. The number of nitrogens with zero attached hydrogens (tertiary/aromatic N) is 2. The number of carbonyl (C=O) groups excluding carboxylic acids is 1. The topological polar surface area (TPSA) is 46.3 Å². The van der Waals surface area contributed by atoms with E-state index in [2.05, 4.69) is 5.16 Å². The van der Waals surface area contributed by atoms with Gasteiger partial charge in [0.2, 0.25) is 0 Å². The average molecular weight is 316 g/mol. The van der Waals surface area contributed by atoms with Gasteiger partial charge in [-0.25, -0.2) is 0 Å². The number of piperidine rings is 1. The Morgan fingerprint density at radius 2 is 1.61 bits per heavy atom. The minimum atomic E-state index is 0.0276. The van der Waals surface area contributed by atoms with Gasteiger partial charge in [0.25, 0.3) is 5.91 Å². The number of rotatable bonds is 2. The molecule has 1 aliphatic heterocycles. The summed E-state index contributed by atoms with van der Waals surface area (Å²) in [6, 6.07) is 9.67. The van der Waals surface area contributed by atoms with Crippen LogP contribution in [0.3, 0.4) is 0 Å². The Balaban J connectivity index is 0.000000615. The van der Waals surface area contributed by atoms with Crippen LogP contribution in [0.4, 0.5) is 0 Å². The average Bonchev–Trinajstić information content (AvgIpc) is 3.16. The summed E-state index contributed by atoms with van der Waals surface area (Å²) in [7, 11) is 0. The first kappa shape index (κ1) is 18.9. The number of likely N-dealkylation sites (tertiary alicyclic amines) is 1. The highest BCUT2D eigenvalue weighted by Gasteiger charge is 2.23. The molecule has 1 saturated heterocycles. The maximum Gasteiger partial charge on any atom is 0.259 e. The first-order chi connectivity index (χ1) is 11.4. The van der Waals surface area contributed by atoms with Crippen molar-refractivity contribution in [3.8, 4) is 11.3 Å². The lowest BCUT2D eigenvalue weighted by molar-refractivity contribution is 0.0724. The van der Waals surface area contributed by atoms with Crippen molar-refractivity contribution in [2.24, 2.45) is 0 Å². The molecule has 0 aliphatic carbocycles. The maximum atomic E-state index is 12.5. The molecule has 3 rings (SSSR count). The van der Waals surface area contributed by atoms with Gasteiger partial charge < -0.3 is 9.42 Å². The number of hydrogen-bond acceptors (Lipinski definition) is 3. The molecule has 0 saturated carbocycles. The van der Waals surface area contributed by atoms with Crippen molar-refractivity contribution in [1.82, 2.24) is 10.1 Å². The second-order valence-electron chi connectivity index (χ2n) is 4.80. The summed E-state index contributed by atoms with van der Waals surface area (Å²) in [4.78, 5) is 14.4. The van der Waals surface area contributed by atoms with Gasteiger partial charge in [-0.15, -0.1) is 0 Å². The van der Waals surface area contributed by atoms with Crippen molar-refractivity contribution in [2.45, 2.75) is 47.0 Å². The molecule has 4 heteroatoms. The van der Waals surface area contributed by atoms with Crippen LogP contribution in [0.15, 0.2) is 41.1 Å². The molecule has 0 unspecified atom stereocenters. The maximum absolute atomic E-state index is 12.5. The van der Waals surface area contributed by atoms with E-state index in [4.69, 9.17) is 4.52 Å². The van der Waals surface area contributed by atoms with Gasteiger partial charge in [0.05, 0.1) is 0 Å². The van der Waals surface area contributed by atoms with E-state index in [0.29, 0.717) is 11.3 Å². The Hall–Kier alpha value is -2.10. The molecule has 126 valence electrons.